The van der Waals surface area contributed by atoms with Gasteiger partial charge in [0.15, 0.2) is 0 Å². The molecule has 0 unspecified atom stereocenters. The van der Waals surface area contributed by atoms with E-state index in [0.29, 0.717) is 59.2 Å². The first-order valence-corrected chi connectivity index (χ1v) is 41.1. The molecule has 0 fully saturated rings. The zero-order valence-corrected chi connectivity index (χ0v) is 77.4. The van der Waals surface area contributed by atoms with Gasteiger partial charge in [-0.1, -0.05) is 295 Å². The third kappa shape index (κ3) is 77.2. The number of hydrogen-bond donors (Lipinski definition) is 0. The summed E-state index contributed by atoms with van der Waals surface area (Å²) < 4.78 is 0. The van der Waals surface area contributed by atoms with Crippen LogP contribution in [0.3, 0.4) is 0 Å². The van der Waals surface area contributed by atoms with E-state index in [4.69, 9.17) is 0 Å². The van der Waals surface area contributed by atoms with Gasteiger partial charge in [-0.15, -0.1) is 0 Å². The van der Waals surface area contributed by atoms with Gasteiger partial charge in [0.1, 0.15) is 30.6 Å². The molecule has 0 aromatic carbocycles. The molecule has 10 aromatic rings. The average molecular weight is 1520 g/mol. The van der Waals surface area contributed by atoms with E-state index in [2.05, 4.69) is 230 Å². The molecule has 110 heavy (non-hydrogen) atoms. The molecule has 10 heterocycles. The van der Waals surface area contributed by atoms with E-state index in [9.17, 15) is 0 Å². The molecule has 620 valence electrons. The summed E-state index contributed by atoms with van der Waals surface area (Å²) in [5.74, 6) is 6.97. The minimum Gasteiger partial charge on any atom is -0.265 e. The Morgan fingerprint density at radius 1 is 0.182 bits per heavy atom. The molecule has 0 saturated carbocycles. The summed E-state index contributed by atoms with van der Waals surface area (Å²) in [6.45, 7) is 82.4. The van der Waals surface area contributed by atoms with Crippen molar-refractivity contribution < 1.29 is 0 Å². The number of hydrogen-bond acceptors (Lipinski definition) is 17. The monoisotopic (exact) mass is 1520 g/mol. The SMILES string of the molecule is CC.CC.CC.CC.CC.CC.CC.CC.CC.CC.CC(C)c1ccccn1.CC(C)c1ccccn1.CC(C)c1cccnc1.CC(C)c1cccnn1.CC(C)c1ccncc1.CC(C)c1ccnnc1.CC(C)c1cnccn1.CC(C)c1cncnc1.CC(C)c1ncccn1.CC(C)c1ncncn1. The average Bonchev–Trinajstić information content (AvgIpc) is 1.12. The summed E-state index contributed by atoms with van der Waals surface area (Å²) in [6.07, 6.45) is 33.2. The maximum absolute atomic E-state index is 4.18. The Morgan fingerprint density at radius 3 is 0.791 bits per heavy atom. The minimum atomic E-state index is 0.396. The Morgan fingerprint density at radius 2 is 0.545 bits per heavy atom. The first-order chi connectivity index (χ1) is 53.0. The van der Waals surface area contributed by atoms with Crippen molar-refractivity contribution in [2.24, 2.45) is 0 Å². The molecule has 0 aliphatic rings. The Bertz CT molecular complexity index is 2420. The summed E-state index contributed by atoms with van der Waals surface area (Å²) in [6, 6.07) is 27.9. The molecule has 0 spiro atoms. The molecule has 0 radical (unpaired) electrons. The van der Waals surface area contributed by atoms with Crippen molar-refractivity contribution in [1.29, 1.82) is 0 Å². The van der Waals surface area contributed by atoms with Gasteiger partial charge in [-0.25, -0.2) is 34.9 Å². The van der Waals surface area contributed by atoms with Crippen LogP contribution in [0.5, 0.6) is 0 Å². The predicted molar refractivity (Wildman–Crippen MR) is 481 cm³/mol. The van der Waals surface area contributed by atoms with Crippen molar-refractivity contribution in [2.45, 2.75) is 336 Å². The van der Waals surface area contributed by atoms with E-state index >= 15 is 0 Å². The lowest BCUT2D eigenvalue weighted by Gasteiger charge is -2.01. The van der Waals surface area contributed by atoms with Crippen LogP contribution in [-0.4, -0.2) is 85.2 Å². The molecule has 17 heteroatoms. The second-order valence-electron chi connectivity index (χ2n) is 23.4. The van der Waals surface area contributed by atoms with Gasteiger partial charge in [-0.2, -0.15) is 20.4 Å². The van der Waals surface area contributed by atoms with Crippen molar-refractivity contribution in [3.8, 4) is 0 Å². The second kappa shape index (κ2) is 96.1. The quantitative estimate of drug-likeness (QED) is 0.124. The minimum absolute atomic E-state index is 0.396. The Balaban J connectivity index is -0.000000123. The number of pyridine rings is 4. The van der Waals surface area contributed by atoms with Crippen LogP contribution in [0, 0.1) is 0 Å². The number of rotatable bonds is 10. The van der Waals surface area contributed by atoms with E-state index in [0.717, 1.165) is 34.4 Å². The van der Waals surface area contributed by atoms with Crippen molar-refractivity contribution in [1.82, 2.24) is 85.2 Å². The molecule has 10 rings (SSSR count). The van der Waals surface area contributed by atoms with E-state index in [1.54, 1.807) is 62.1 Å². The van der Waals surface area contributed by atoms with Gasteiger partial charge in [-0.3, -0.25) is 29.9 Å². The fraction of sp³-hybridized carbons (Fsp3) is 0.538. The highest BCUT2D eigenvalue weighted by atomic mass is 15.1. The topological polar surface area (TPSA) is 219 Å². The summed E-state index contributed by atoms with van der Waals surface area (Å²) >= 11 is 0. The first kappa shape index (κ1) is 122. The first-order valence-electron chi connectivity index (χ1n) is 41.1. The van der Waals surface area contributed by atoms with Crippen molar-refractivity contribution in [3.05, 3.63) is 260 Å². The standard InChI is InChI=1S/4C8H11N.5C7H10N2.C6H9N3.10C2H6/c1-7(2)8-3-5-9-6-4-8;1-7(2)8-4-3-5-9-6-8;2*1-7(2)8-5-3-4-6-9-8;1-6(2)7-3-8-5-9-4-7;1-6(2)7-5-8-3-4-9-7;1-6(2)7-3-4-8-9-5-7;1-6(2)7-8-4-3-5-9-7;1-6(2)7-4-3-5-8-9-7;1-5(2)6-8-3-7-4-9-6;10*1-2/h4*3-7H,1-2H3;5*3-6H,1-2H3;3-5H,1-2H3;10*1-2H3. The highest BCUT2D eigenvalue weighted by Crippen LogP contribution is 2.15. The molecule has 0 N–H and O–H groups in total. The molecule has 0 aliphatic carbocycles. The Labute approximate surface area is 677 Å². The third-order valence-electron chi connectivity index (χ3n) is 12.3. The van der Waals surface area contributed by atoms with Gasteiger partial charge in [0, 0.05) is 116 Å². The van der Waals surface area contributed by atoms with E-state index < -0.39 is 0 Å². The molecular formula is C93H163N17. The zero-order valence-electron chi connectivity index (χ0n) is 77.4. The summed E-state index contributed by atoms with van der Waals surface area (Å²) in [5, 5.41) is 15.1. The molecule has 0 saturated heterocycles. The molecule has 10 aromatic heterocycles. The third-order valence-corrected chi connectivity index (χ3v) is 12.3. The maximum atomic E-state index is 4.18. The lowest BCUT2D eigenvalue weighted by atomic mass is 10.1. The second-order valence-corrected chi connectivity index (χ2v) is 23.4. The van der Waals surface area contributed by atoms with E-state index in [1.807, 2.05) is 261 Å². The predicted octanol–water partition coefficient (Wildman–Crippen LogP) is 28.1. The summed E-state index contributed by atoms with van der Waals surface area (Å²) in [5.41, 5.74) is 9.52. The van der Waals surface area contributed by atoms with Crippen molar-refractivity contribution in [2.75, 3.05) is 0 Å². The van der Waals surface area contributed by atoms with Gasteiger partial charge in [0.25, 0.3) is 0 Å². The van der Waals surface area contributed by atoms with E-state index in [-0.39, 0.29) is 0 Å². The van der Waals surface area contributed by atoms with Crippen LogP contribution in [0.2, 0.25) is 0 Å². The van der Waals surface area contributed by atoms with Crippen LogP contribution in [0.4, 0.5) is 0 Å². The van der Waals surface area contributed by atoms with Crippen molar-refractivity contribution >= 4 is 0 Å². The van der Waals surface area contributed by atoms with Crippen LogP contribution < -0.4 is 0 Å². The number of aromatic nitrogens is 17. The van der Waals surface area contributed by atoms with Gasteiger partial charge in [-0.05, 0) is 136 Å². The van der Waals surface area contributed by atoms with Gasteiger partial charge in [0.2, 0.25) is 0 Å². The maximum Gasteiger partial charge on any atom is 0.134 e. The lowest BCUT2D eigenvalue weighted by Crippen LogP contribution is -1.95. The molecule has 0 amide bonds. The van der Waals surface area contributed by atoms with E-state index in [1.165, 1.54) is 34.9 Å². The highest BCUT2D eigenvalue weighted by Gasteiger charge is 2.02. The Kier molecular flexibility index (Phi) is 107. The van der Waals surface area contributed by atoms with Gasteiger partial charge in [0.05, 0.1) is 17.6 Å². The van der Waals surface area contributed by atoms with Crippen molar-refractivity contribution in [3.63, 3.8) is 0 Å². The molecule has 0 atom stereocenters. The van der Waals surface area contributed by atoms with Gasteiger partial charge >= 0.3 is 0 Å². The summed E-state index contributed by atoms with van der Waals surface area (Å²) in [4.78, 5) is 51.9. The van der Waals surface area contributed by atoms with Crippen LogP contribution in [0.1, 0.15) is 393 Å². The fourth-order valence-corrected chi connectivity index (χ4v) is 6.54. The molecular weight excluding hydrogens is 1360 g/mol. The fourth-order valence-electron chi connectivity index (χ4n) is 6.54. The van der Waals surface area contributed by atoms with Gasteiger partial charge < -0.3 is 0 Å². The largest absolute Gasteiger partial charge is 0.265 e. The molecule has 17 nitrogen and oxygen atoms in total. The van der Waals surface area contributed by atoms with Crippen LogP contribution in [0.25, 0.3) is 0 Å². The van der Waals surface area contributed by atoms with Crippen LogP contribution in [-0.2, 0) is 0 Å². The molecule has 0 bridgehead atoms. The normalized spacial score (nSPS) is 8.82. The summed E-state index contributed by atoms with van der Waals surface area (Å²) in [7, 11) is 0. The smallest absolute Gasteiger partial charge is 0.134 e. The number of nitrogens with zero attached hydrogens (tertiary/aromatic N) is 17. The Hall–Kier alpha value is -8.99. The van der Waals surface area contributed by atoms with Crippen LogP contribution in [0.15, 0.2) is 203 Å². The highest BCUT2D eigenvalue weighted by molar-refractivity contribution is 5.15. The van der Waals surface area contributed by atoms with Crippen LogP contribution >= 0.6 is 0 Å². The lowest BCUT2D eigenvalue weighted by molar-refractivity contribution is 0.759. The molecule has 0 aliphatic heterocycles. The zero-order chi connectivity index (χ0) is 86.9.